The number of hydrogen-bond acceptors (Lipinski definition) is 6. The first-order valence-corrected chi connectivity index (χ1v) is 9.65. The van der Waals surface area contributed by atoms with Gasteiger partial charge in [0.1, 0.15) is 10.5 Å². The zero-order valence-electron chi connectivity index (χ0n) is 14.1. The third-order valence-electron chi connectivity index (χ3n) is 5.05. The average molecular weight is 402 g/mol. The number of nitrogens with one attached hydrogen (secondary N) is 2. The molecular formula is C15H20ClN5O4S. The highest BCUT2D eigenvalue weighted by atomic mass is 35.5. The molecular weight excluding hydrogens is 382 g/mol. The van der Waals surface area contributed by atoms with Crippen LogP contribution >= 0.6 is 12.4 Å². The Morgan fingerprint density at radius 2 is 1.92 bits per heavy atom. The molecule has 2 unspecified atom stereocenters. The maximum Gasteiger partial charge on any atom is 0.329 e. The molecule has 142 valence electrons. The van der Waals surface area contributed by atoms with E-state index in [2.05, 4.69) is 15.3 Å². The fraction of sp³-hybridized carbons (Fsp3) is 0.533. The molecule has 4 rings (SSSR count). The number of rotatable bonds is 2. The first-order valence-electron chi connectivity index (χ1n) is 8.21. The normalized spacial score (nSPS) is 23.6. The van der Waals surface area contributed by atoms with Crippen LogP contribution in [0.5, 0.6) is 0 Å². The van der Waals surface area contributed by atoms with Gasteiger partial charge in [-0.3, -0.25) is 14.3 Å². The topological polar surface area (TPSA) is 117 Å². The van der Waals surface area contributed by atoms with Gasteiger partial charge in [0, 0.05) is 38.4 Å². The van der Waals surface area contributed by atoms with Crippen molar-refractivity contribution in [3.63, 3.8) is 0 Å². The van der Waals surface area contributed by atoms with Crippen LogP contribution in [0.2, 0.25) is 0 Å². The van der Waals surface area contributed by atoms with Crippen molar-refractivity contribution in [2.75, 3.05) is 13.1 Å². The molecule has 2 N–H and O–H groups in total. The summed E-state index contributed by atoms with van der Waals surface area (Å²) in [5.41, 5.74) is -1.07. The van der Waals surface area contributed by atoms with Crippen molar-refractivity contribution in [1.82, 2.24) is 24.2 Å². The van der Waals surface area contributed by atoms with Gasteiger partial charge >= 0.3 is 5.69 Å². The number of hydrogen-bond donors (Lipinski definition) is 2. The maximum atomic E-state index is 13.0. The predicted molar refractivity (Wildman–Crippen MR) is 98.2 cm³/mol. The van der Waals surface area contributed by atoms with Crippen molar-refractivity contribution in [2.45, 2.75) is 36.2 Å². The van der Waals surface area contributed by atoms with Crippen LogP contribution in [0, 0.1) is 0 Å². The van der Waals surface area contributed by atoms with Gasteiger partial charge in [-0.1, -0.05) is 0 Å². The molecule has 0 radical (unpaired) electrons. The van der Waals surface area contributed by atoms with E-state index in [0.717, 1.165) is 19.3 Å². The van der Waals surface area contributed by atoms with E-state index in [-0.39, 0.29) is 34.4 Å². The van der Waals surface area contributed by atoms with E-state index in [0.29, 0.717) is 19.1 Å². The van der Waals surface area contributed by atoms with E-state index in [1.807, 2.05) is 0 Å². The first kappa shape index (κ1) is 19.0. The second kappa shape index (κ2) is 6.76. The Labute approximate surface area is 155 Å². The average Bonchev–Trinajstić information content (AvgIpc) is 2.90. The van der Waals surface area contributed by atoms with E-state index < -0.39 is 21.3 Å². The maximum absolute atomic E-state index is 13.0. The van der Waals surface area contributed by atoms with Crippen molar-refractivity contribution in [2.24, 2.45) is 7.05 Å². The van der Waals surface area contributed by atoms with E-state index >= 15 is 0 Å². The van der Waals surface area contributed by atoms with Gasteiger partial charge in [0.2, 0.25) is 10.0 Å². The Balaban J connectivity index is 0.00000196. The van der Waals surface area contributed by atoms with Gasteiger partial charge in [0.15, 0.2) is 0 Å². The van der Waals surface area contributed by atoms with Crippen molar-refractivity contribution in [1.29, 1.82) is 0 Å². The summed E-state index contributed by atoms with van der Waals surface area (Å²) >= 11 is 0. The summed E-state index contributed by atoms with van der Waals surface area (Å²) in [7, 11) is -2.28. The molecule has 9 nitrogen and oxygen atoms in total. The Hall–Kier alpha value is -1.75. The van der Waals surface area contributed by atoms with Crippen LogP contribution in [-0.2, 0) is 17.1 Å². The highest BCUT2D eigenvalue weighted by molar-refractivity contribution is 7.89. The second-order valence-electron chi connectivity index (χ2n) is 6.65. The monoisotopic (exact) mass is 401 g/mol. The minimum atomic E-state index is -3.75. The second-order valence-corrected chi connectivity index (χ2v) is 8.59. The van der Waals surface area contributed by atoms with Gasteiger partial charge in [-0.25, -0.2) is 18.2 Å². The molecule has 11 heteroatoms. The molecule has 26 heavy (non-hydrogen) atoms. The number of sulfonamides is 1. The molecule has 0 saturated carbocycles. The third-order valence-corrected chi connectivity index (χ3v) is 6.88. The predicted octanol–water partition coefficient (Wildman–Crippen LogP) is -0.441. The molecule has 0 aromatic carbocycles. The standard InChI is InChI=1S/C15H19N5O4S.ClH/c1-19-13-12(14(21)18-15(19)22)6-11(7-16-13)25(23,24)20-5-4-9-2-3-10(8-20)17-9;/h6-7,9-10,17H,2-5,8H2,1H3,(H,18,21,22);1H. The lowest BCUT2D eigenvalue weighted by atomic mass is 10.1. The Bertz CT molecular complexity index is 1060. The van der Waals surface area contributed by atoms with Crippen LogP contribution < -0.4 is 16.6 Å². The smallest absolute Gasteiger partial charge is 0.310 e. The van der Waals surface area contributed by atoms with Crippen LogP contribution in [0.4, 0.5) is 0 Å². The van der Waals surface area contributed by atoms with E-state index in [1.54, 1.807) is 0 Å². The van der Waals surface area contributed by atoms with E-state index in [4.69, 9.17) is 0 Å². The number of aromatic nitrogens is 3. The lowest BCUT2D eigenvalue weighted by Gasteiger charge is -2.23. The summed E-state index contributed by atoms with van der Waals surface area (Å²) in [6.07, 6.45) is 4.03. The minimum absolute atomic E-state index is 0. The fourth-order valence-electron chi connectivity index (χ4n) is 3.64. The molecule has 2 fully saturated rings. The number of pyridine rings is 1. The number of halogens is 1. The van der Waals surface area contributed by atoms with Crippen molar-refractivity contribution in [3.05, 3.63) is 33.1 Å². The van der Waals surface area contributed by atoms with Gasteiger partial charge in [-0.15, -0.1) is 12.4 Å². The fourth-order valence-corrected chi connectivity index (χ4v) is 5.11. The van der Waals surface area contributed by atoms with Crippen molar-refractivity contribution < 1.29 is 8.42 Å². The lowest BCUT2D eigenvalue weighted by molar-refractivity contribution is 0.383. The van der Waals surface area contributed by atoms with E-state index in [1.165, 1.54) is 28.2 Å². The highest BCUT2D eigenvalue weighted by Crippen LogP contribution is 2.25. The van der Waals surface area contributed by atoms with Gasteiger partial charge in [0.25, 0.3) is 5.56 Å². The summed E-state index contributed by atoms with van der Waals surface area (Å²) in [6.45, 7) is 0.860. The molecule has 2 atom stereocenters. The molecule has 2 bridgehead atoms. The molecule has 4 heterocycles. The molecule has 2 saturated heterocycles. The van der Waals surface area contributed by atoms with Crippen molar-refractivity contribution >= 4 is 33.5 Å². The molecule has 0 spiro atoms. The van der Waals surface area contributed by atoms with Crippen molar-refractivity contribution in [3.8, 4) is 0 Å². The third kappa shape index (κ3) is 3.07. The largest absolute Gasteiger partial charge is 0.329 e. The van der Waals surface area contributed by atoms with Gasteiger partial charge < -0.3 is 5.32 Å². The van der Waals surface area contributed by atoms with Gasteiger partial charge in [-0.05, 0) is 25.3 Å². The summed E-state index contributed by atoms with van der Waals surface area (Å²) in [6, 6.07) is 1.84. The molecule has 2 aliphatic rings. The Morgan fingerprint density at radius 1 is 1.19 bits per heavy atom. The SMILES string of the molecule is Cl.Cn1c(=O)[nH]c(=O)c2cc(S(=O)(=O)N3CCC4CCC(C3)N4)cnc21. The molecule has 0 amide bonds. The molecule has 2 aromatic heterocycles. The van der Waals surface area contributed by atoms with Crippen LogP contribution in [0.1, 0.15) is 19.3 Å². The molecule has 2 aliphatic heterocycles. The van der Waals surface area contributed by atoms with Crippen LogP contribution in [0.3, 0.4) is 0 Å². The zero-order chi connectivity index (χ0) is 17.8. The number of aryl methyl sites for hydroxylation is 1. The lowest BCUT2D eigenvalue weighted by Crippen LogP contribution is -2.39. The number of nitrogens with zero attached hydrogens (tertiary/aromatic N) is 3. The van der Waals surface area contributed by atoms with Gasteiger partial charge in [0.05, 0.1) is 5.39 Å². The Morgan fingerprint density at radius 3 is 2.69 bits per heavy atom. The first-order chi connectivity index (χ1) is 11.9. The van der Waals surface area contributed by atoms with Crippen LogP contribution in [-0.4, -0.2) is 52.4 Å². The summed E-state index contributed by atoms with van der Waals surface area (Å²) in [5, 5.41) is 3.53. The number of fused-ring (bicyclic) bond motifs is 3. The van der Waals surface area contributed by atoms with Crippen LogP contribution in [0.15, 0.2) is 26.7 Å². The summed E-state index contributed by atoms with van der Waals surface area (Å²) < 4.78 is 28.6. The molecule has 2 aromatic rings. The summed E-state index contributed by atoms with van der Waals surface area (Å²) in [5.74, 6) is 0. The Kier molecular flexibility index (Phi) is 4.95. The zero-order valence-corrected chi connectivity index (χ0v) is 15.8. The number of H-pyrrole nitrogens is 1. The van der Waals surface area contributed by atoms with E-state index in [9.17, 15) is 18.0 Å². The minimum Gasteiger partial charge on any atom is -0.310 e. The van der Waals surface area contributed by atoms with Gasteiger partial charge in [-0.2, -0.15) is 4.31 Å². The highest BCUT2D eigenvalue weighted by Gasteiger charge is 2.35. The number of aromatic amines is 1. The van der Waals surface area contributed by atoms with Crippen LogP contribution in [0.25, 0.3) is 11.0 Å². The summed E-state index contributed by atoms with van der Waals surface area (Å²) in [4.78, 5) is 29.9. The molecule has 0 aliphatic carbocycles. The quantitative estimate of drug-likeness (QED) is 0.704.